The molecule has 4 N–H and O–H groups in total. The van der Waals surface area contributed by atoms with Crippen molar-refractivity contribution in [3.8, 4) is 0 Å². The molecule has 0 unspecified atom stereocenters. The van der Waals surface area contributed by atoms with E-state index in [1.165, 1.54) is 25.1 Å². The molecule has 37 heavy (non-hydrogen) atoms. The van der Waals surface area contributed by atoms with Gasteiger partial charge in [-0.1, -0.05) is 6.07 Å². The summed E-state index contributed by atoms with van der Waals surface area (Å²) >= 11 is 0. The van der Waals surface area contributed by atoms with Crippen LogP contribution in [-0.2, 0) is 0 Å². The third-order valence-corrected chi connectivity index (χ3v) is 5.07. The van der Waals surface area contributed by atoms with Gasteiger partial charge in [0.1, 0.15) is 22.4 Å². The quantitative estimate of drug-likeness (QED) is 0.0992. The number of nitrogens with two attached hydrogens (primary N) is 1. The van der Waals surface area contributed by atoms with Crippen LogP contribution in [0.3, 0.4) is 0 Å². The smallest absolute Gasteiger partial charge is 0.301 e. The van der Waals surface area contributed by atoms with Crippen LogP contribution in [-0.4, -0.2) is 35.9 Å². The van der Waals surface area contributed by atoms with Crippen LogP contribution >= 0.6 is 0 Å². The number of H-pyrrole nitrogens is 1. The number of nitro benzene ring substituents is 3. The number of nitrogens with zero attached hydrogens (tertiary/aromatic N) is 8. The average Bonchev–Trinajstić information content (AvgIpc) is 3.35. The molecular weight excluding hydrogens is 490 g/mol. The topological polar surface area (TPSA) is 246 Å². The van der Waals surface area contributed by atoms with E-state index in [1.807, 2.05) is 0 Å². The van der Waals surface area contributed by atoms with Gasteiger partial charge in [0.15, 0.2) is 5.69 Å². The molecule has 0 aliphatic carbocycles. The lowest BCUT2D eigenvalue weighted by atomic mass is 10.1. The Balaban J connectivity index is 1.64. The Morgan fingerprint density at radius 3 is 2.38 bits per heavy atom. The monoisotopic (exact) mass is 505 g/mol. The Kier molecular flexibility index (Phi) is 6.41. The molecule has 0 saturated carbocycles. The standard InChI is InChI=1S/C20H15N11O6/c1-10(22-23-15-6-3-12(29(32)33)9-18(15)31(36)37)11-2-5-14(17(8-11)30(34)35)24-26-19-13(21)4-7-16-20(19)27-28-25-16/h2-9,23H,21H2,1H3,(H,25,27,28)/b22-10+,26-24?. The molecule has 0 fully saturated rings. The molecule has 17 nitrogen and oxygen atoms in total. The van der Waals surface area contributed by atoms with Gasteiger partial charge in [-0.2, -0.15) is 20.5 Å². The summed E-state index contributed by atoms with van der Waals surface area (Å²) in [5.41, 5.74) is 8.64. The summed E-state index contributed by atoms with van der Waals surface area (Å²) in [4.78, 5) is 31.7. The zero-order valence-electron chi connectivity index (χ0n) is 18.7. The second-order valence-electron chi connectivity index (χ2n) is 7.38. The minimum absolute atomic E-state index is 0.0691. The fourth-order valence-corrected chi connectivity index (χ4v) is 3.19. The predicted molar refractivity (Wildman–Crippen MR) is 131 cm³/mol. The number of aromatic nitrogens is 3. The number of nitrogens with one attached hydrogen (secondary N) is 2. The number of nitro groups is 3. The summed E-state index contributed by atoms with van der Waals surface area (Å²) < 4.78 is 0. The van der Waals surface area contributed by atoms with Crippen LogP contribution in [0.1, 0.15) is 12.5 Å². The fourth-order valence-electron chi connectivity index (χ4n) is 3.19. The van der Waals surface area contributed by atoms with E-state index in [0.717, 1.165) is 18.2 Å². The maximum Gasteiger partial charge on any atom is 0.301 e. The lowest BCUT2D eigenvalue weighted by Crippen LogP contribution is -2.03. The Hall–Kier alpha value is -5.87. The molecule has 4 aromatic rings. The molecule has 0 saturated heterocycles. The van der Waals surface area contributed by atoms with Crippen LogP contribution in [0.4, 0.5) is 39.8 Å². The first-order chi connectivity index (χ1) is 17.7. The van der Waals surface area contributed by atoms with Gasteiger partial charge in [-0.25, -0.2) is 0 Å². The Morgan fingerprint density at radius 2 is 1.68 bits per heavy atom. The molecule has 0 aliphatic heterocycles. The second-order valence-corrected chi connectivity index (χ2v) is 7.38. The summed E-state index contributed by atoms with van der Waals surface area (Å²) in [6.07, 6.45) is 0. The van der Waals surface area contributed by atoms with Gasteiger partial charge in [0.05, 0.1) is 32.2 Å². The van der Waals surface area contributed by atoms with E-state index >= 15 is 0 Å². The number of non-ortho nitro benzene ring substituents is 1. The maximum absolute atomic E-state index is 11.7. The molecule has 1 aromatic heterocycles. The van der Waals surface area contributed by atoms with Crippen molar-refractivity contribution in [1.29, 1.82) is 0 Å². The van der Waals surface area contributed by atoms with Gasteiger partial charge in [-0.05, 0) is 31.2 Å². The van der Waals surface area contributed by atoms with Crippen LogP contribution in [0.25, 0.3) is 11.0 Å². The average molecular weight is 505 g/mol. The summed E-state index contributed by atoms with van der Waals surface area (Å²) in [5.74, 6) is 0. The van der Waals surface area contributed by atoms with E-state index in [-0.39, 0.29) is 34.1 Å². The molecule has 4 rings (SSSR count). The molecular formula is C20H15N11O6. The van der Waals surface area contributed by atoms with Gasteiger partial charge in [0.25, 0.3) is 11.4 Å². The van der Waals surface area contributed by atoms with Gasteiger partial charge in [-0.15, -0.1) is 10.2 Å². The van der Waals surface area contributed by atoms with Crippen molar-refractivity contribution in [1.82, 2.24) is 15.4 Å². The van der Waals surface area contributed by atoms with Crippen molar-refractivity contribution in [3.05, 3.63) is 84.4 Å². The first-order valence-corrected chi connectivity index (χ1v) is 10.2. The van der Waals surface area contributed by atoms with Crippen LogP contribution in [0.5, 0.6) is 0 Å². The molecule has 1 heterocycles. The van der Waals surface area contributed by atoms with Gasteiger partial charge in [0, 0.05) is 17.7 Å². The normalized spacial score (nSPS) is 11.6. The van der Waals surface area contributed by atoms with Crippen molar-refractivity contribution < 1.29 is 14.8 Å². The molecule has 186 valence electrons. The maximum atomic E-state index is 11.7. The largest absolute Gasteiger partial charge is 0.397 e. The number of hydrazone groups is 1. The molecule has 0 spiro atoms. The second kappa shape index (κ2) is 9.78. The first kappa shape index (κ1) is 24.3. The number of fused-ring (bicyclic) bond motifs is 1. The molecule has 0 atom stereocenters. The summed E-state index contributed by atoms with van der Waals surface area (Å²) in [7, 11) is 0. The van der Waals surface area contributed by atoms with E-state index in [0.29, 0.717) is 16.6 Å². The van der Waals surface area contributed by atoms with E-state index in [4.69, 9.17) is 5.73 Å². The molecule has 0 radical (unpaired) electrons. The Bertz CT molecular complexity index is 1630. The first-order valence-electron chi connectivity index (χ1n) is 10.2. The van der Waals surface area contributed by atoms with Crippen LogP contribution in [0.2, 0.25) is 0 Å². The van der Waals surface area contributed by atoms with E-state index in [2.05, 4.69) is 36.2 Å². The lowest BCUT2D eigenvalue weighted by Gasteiger charge is -2.06. The van der Waals surface area contributed by atoms with Gasteiger partial charge in [0.2, 0.25) is 0 Å². The Morgan fingerprint density at radius 1 is 0.919 bits per heavy atom. The lowest BCUT2D eigenvalue weighted by molar-refractivity contribution is -0.393. The highest BCUT2D eigenvalue weighted by molar-refractivity contribution is 6.00. The SMILES string of the molecule is C/C(=N\Nc1ccc([N+](=O)[O-])cc1[N+](=O)[O-])c1ccc(N=Nc2c(N)ccc3n[nH]nc23)c([N+](=O)[O-])c1. The number of aromatic amines is 1. The highest BCUT2D eigenvalue weighted by atomic mass is 16.6. The minimum Gasteiger partial charge on any atom is -0.397 e. The fraction of sp³-hybridized carbons (Fsp3) is 0.0500. The predicted octanol–water partition coefficient (Wildman–Crippen LogP) is 4.52. The number of hydrogen-bond donors (Lipinski definition) is 3. The van der Waals surface area contributed by atoms with Crippen molar-refractivity contribution >= 4 is 56.6 Å². The number of nitrogen functional groups attached to an aromatic ring is 1. The number of hydrogen-bond acceptors (Lipinski definition) is 13. The molecule has 0 amide bonds. The molecule has 0 aliphatic rings. The summed E-state index contributed by atoms with van der Waals surface area (Å²) in [6, 6.07) is 10.3. The van der Waals surface area contributed by atoms with Crippen molar-refractivity contribution in [3.63, 3.8) is 0 Å². The van der Waals surface area contributed by atoms with Gasteiger partial charge < -0.3 is 5.73 Å². The zero-order valence-corrected chi connectivity index (χ0v) is 18.7. The molecule has 17 heteroatoms. The highest BCUT2D eigenvalue weighted by Crippen LogP contribution is 2.34. The van der Waals surface area contributed by atoms with E-state index in [9.17, 15) is 30.3 Å². The summed E-state index contributed by atoms with van der Waals surface area (Å²) in [5, 5.41) is 56.3. The van der Waals surface area contributed by atoms with Crippen molar-refractivity contribution in [2.24, 2.45) is 15.3 Å². The number of rotatable bonds is 8. The van der Waals surface area contributed by atoms with Crippen LogP contribution in [0.15, 0.2) is 63.9 Å². The van der Waals surface area contributed by atoms with Gasteiger partial charge >= 0.3 is 5.69 Å². The van der Waals surface area contributed by atoms with Crippen LogP contribution in [0, 0.1) is 30.3 Å². The third kappa shape index (κ3) is 4.99. The Labute approximate surface area is 205 Å². The van der Waals surface area contributed by atoms with Crippen LogP contribution < -0.4 is 11.2 Å². The van der Waals surface area contributed by atoms with E-state index in [1.54, 1.807) is 12.1 Å². The number of azo groups is 1. The molecule has 0 bridgehead atoms. The zero-order chi connectivity index (χ0) is 26.7. The summed E-state index contributed by atoms with van der Waals surface area (Å²) in [6.45, 7) is 1.51. The highest BCUT2D eigenvalue weighted by Gasteiger charge is 2.20. The third-order valence-electron chi connectivity index (χ3n) is 5.07. The van der Waals surface area contributed by atoms with Gasteiger partial charge in [-0.3, -0.25) is 35.8 Å². The number of anilines is 2. The molecule has 3 aromatic carbocycles. The van der Waals surface area contributed by atoms with Crippen molar-refractivity contribution in [2.45, 2.75) is 6.92 Å². The van der Waals surface area contributed by atoms with E-state index < -0.39 is 26.1 Å². The minimum atomic E-state index is -0.795. The van der Waals surface area contributed by atoms with Crippen molar-refractivity contribution in [2.75, 3.05) is 11.2 Å². The number of benzene rings is 3.